The van der Waals surface area contributed by atoms with E-state index in [1.807, 2.05) is 15.9 Å². The number of rotatable bonds is 2. The van der Waals surface area contributed by atoms with Crippen LogP contribution in [0.2, 0.25) is 0 Å². The van der Waals surface area contributed by atoms with Gasteiger partial charge in [0.25, 0.3) is 0 Å². The van der Waals surface area contributed by atoms with Crippen molar-refractivity contribution in [3.63, 3.8) is 0 Å². The Morgan fingerprint density at radius 3 is 1.73 bits per heavy atom. The molecule has 0 atom stereocenters. The fraction of sp³-hybridized carbons (Fsp3) is 0.500. The second-order valence-corrected chi connectivity index (χ2v) is 3.92. The number of alkyl halides is 6. The van der Waals surface area contributed by atoms with Crippen LogP contribution in [0.5, 0.6) is 0 Å². The Labute approximate surface area is 81.8 Å². The van der Waals surface area contributed by atoms with Gasteiger partial charge in [-0.2, -0.15) is 17.6 Å². The van der Waals surface area contributed by atoms with Crippen LogP contribution in [-0.4, -0.2) is 10.2 Å². The van der Waals surface area contributed by atoms with E-state index < -0.39 is 14.7 Å². The molecule has 0 saturated heterocycles. The summed E-state index contributed by atoms with van der Waals surface area (Å²) >= 11 is 8.43. The minimum atomic E-state index is -3.79. The highest BCUT2D eigenvalue weighted by molar-refractivity contribution is 9.12. The first kappa shape index (κ1) is 11.7. The molecule has 0 aliphatic carbocycles. The molecular weight excluding hydrogens is 319 g/mol. The molecule has 0 saturated carbocycles. The van der Waals surface area contributed by atoms with Crippen molar-refractivity contribution >= 4 is 43.5 Å². The maximum absolute atomic E-state index is 11.9. The molecule has 0 amide bonds. The minimum absolute atomic E-state index is 0.0278. The Balaban J connectivity index is 4.49. The molecule has 0 nitrogen and oxygen atoms in total. The van der Waals surface area contributed by atoms with Crippen LogP contribution in [0, 0.1) is 0 Å². The average Bonchev–Trinajstić information content (AvgIpc) is 1.56. The van der Waals surface area contributed by atoms with Crippen LogP contribution in [0.15, 0.2) is 10.6 Å². The molecule has 0 unspecified atom stereocenters. The molecule has 0 rings (SSSR count). The van der Waals surface area contributed by atoms with Crippen LogP contribution in [0.4, 0.5) is 17.6 Å². The molecule has 0 aliphatic rings. The van der Waals surface area contributed by atoms with Gasteiger partial charge in [-0.05, 0) is 43.5 Å². The molecule has 0 bridgehead atoms. The number of allylic oxidation sites excluding steroid dienone is 2. The second kappa shape index (κ2) is 3.62. The van der Waals surface area contributed by atoms with Crippen molar-refractivity contribution in [2.24, 2.45) is 0 Å². The van der Waals surface area contributed by atoms with Gasteiger partial charge in [0.2, 0.25) is 0 Å². The van der Waals surface area contributed by atoms with Crippen molar-refractivity contribution < 1.29 is 17.6 Å². The number of halogens is 7. The van der Waals surface area contributed by atoms with Crippen LogP contribution < -0.4 is 0 Å². The lowest BCUT2D eigenvalue weighted by Gasteiger charge is -2.08. The molecule has 11 heavy (non-hydrogen) atoms. The zero-order valence-electron chi connectivity index (χ0n) is 4.72. The fourth-order valence-corrected chi connectivity index (χ4v) is 1.10. The van der Waals surface area contributed by atoms with Gasteiger partial charge in [-0.3, -0.25) is 0 Å². The average molecular weight is 320 g/mol. The van der Waals surface area contributed by atoms with Gasteiger partial charge in [0, 0.05) is 6.08 Å². The van der Waals surface area contributed by atoms with E-state index in [-0.39, 0.29) is 6.08 Å². The van der Waals surface area contributed by atoms with Crippen LogP contribution >= 0.6 is 43.5 Å². The first-order valence-electron chi connectivity index (χ1n) is 2.15. The first-order chi connectivity index (χ1) is 4.63. The van der Waals surface area contributed by atoms with Gasteiger partial charge in [0.05, 0.1) is 4.48 Å². The Hall–Kier alpha value is 0.710. The van der Waals surface area contributed by atoms with Crippen LogP contribution in [-0.2, 0) is 0 Å². The van der Waals surface area contributed by atoms with Crippen LogP contribution in [0.3, 0.4) is 0 Å². The number of hydrogen-bond donors (Lipinski definition) is 0. The third-order valence-electron chi connectivity index (χ3n) is 0.561. The standard InChI is InChI=1S/C4HBr2ClF4/c5-2(4(7,10)11)1-3(6,8)9/h1H/b2-1+. The summed E-state index contributed by atoms with van der Waals surface area (Å²) in [6.07, 6.45) is -0.0278. The summed E-state index contributed by atoms with van der Waals surface area (Å²) < 4.78 is 46.7. The molecule has 0 spiro atoms. The van der Waals surface area contributed by atoms with E-state index in [9.17, 15) is 17.6 Å². The Morgan fingerprint density at radius 2 is 1.64 bits per heavy atom. The van der Waals surface area contributed by atoms with Crippen LogP contribution in [0.25, 0.3) is 0 Å². The lowest BCUT2D eigenvalue weighted by atomic mass is 10.5. The molecule has 0 aromatic heterocycles. The van der Waals surface area contributed by atoms with E-state index in [0.717, 1.165) is 0 Å². The van der Waals surface area contributed by atoms with Crippen molar-refractivity contribution in [2.75, 3.05) is 0 Å². The summed E-state index contributed by atoms with van der Waals surface area (Å²) in [5, 5.41) is -3.79. The SMILES string of the molecule is FC(F)(Br)/C=C(/Br)C(F)(F)Cl. The summed E-state index contributed by atoms with van der Waals surface area (Å²) in [4.78, 5) is -3.48. The van der Waals surface area contributed by atoms with E-state index in [1.165, 1.54) is 0 Å². The minimum Gasteiger partial charge on any atom is -0.189 e. The van der Waals surface area contributed by atoms with E-state index in [0.29, 0.717) is 0 Å². The Morgan fingerprint density at radius 1 is 1.27 bits per heavy atom. The maximum Gasteiger partial charge on any atom is 0.354 e. The maximum atomic E-state index is 11.9. The van der Waals surface area contributed by atoms with Gasteiger partial charge < -0.3 is 0 Å². The van der Waals surface area contributed by atoms with Gasteiger partial charge in [0.1, 0.15) is 0 Å². The van der Waals surface area contributed by atoms with Crippen molar-refractivity contribution in [3.05, 3.63) is 10.6 Å². The smallest absolute Gasteiger partial charge is 0.189 e. The first-order valence-corrected chi connectivity index (χ1v) is 4.11. The topological polar surface area (TPSA) is 0 Å². The summed E-state index contributed by atoms with van der Waals surface area (Å²) in [5.41, 5.74) is 0. The predicted octanol–water partition coefficient (Wildman–Crippen LogP) is 4.08. The molecule has 0 aliphatic heterocycles. The van der Waals surface area contributed by atoms with E-state index in [4.69, 9.17) is 0 Å². The van der Waals surface area contributed by atoms with Gasteiger partial charge in [0.15, 0.2) is 0 Å². The third kappa shape index (κ3) is 5.93. The Kier molecular flexibility index (Phi) is 3.85. The highest BCUT2D eigenvalue weighted by atomic mass is 79.9. The molecule has 0 N–H and O–H groups in total. The molecule has 0 fully saturated rings. The predicted molar refractivity (Wildman–Crippen MR) is 41.7 cm³/mol. The largest absolute Gasteiger partial charge is 0.354 e. The van der Waals surface area contributed by atoms with Crippen molar-refractivity contribution in [3.8, 4) is 0 Å². The van der Waals surface area contributed by atoms with Crippen molar-refractivity contribution in [2.45, 2.75) is 10.2 Å². The van der Waals surface area contributed by atoms with Gasteiger partial charge in [-0.15, -0.1) is 0 Å². The highest BCUT2D eigenvalue weighted by Crippen LogP contribution is 2.37. The molecule has 66 valence electrons. The normalized spacial score (nSPS) is 15.4. The number of hydrogen-bond acceptors (Lipinski definition) is 0. The van der Waals surface area contributed by atoms with Crippen molar-refractivity contribution in [1.82, 2.24) is 0 Å². The zero-order chi connectivity index (χ0) is 9.28. The fourth-order valence-electron chi connectivity index (χ4n) is 0.226. The van der Waals surface area contributed by atoms with Gasteiger partial charge in [-0.1, -0.05) is 0 Å². The zero-order valence-corrected chi connectivity index (χ0v) is 8.65. The third-order valence-corrected chi connectivity index (χ3v) is 1.95. The summed E-state index contributed by atoms with van der Waals surface area (Å²) in [6, 6.07) is 0. The lowest BCUT2D eigenvalue weighted by Crippen LogP contribution is -2.09. The molecule has 0 aromatic carbocycles. The molecule has 0 aromatic rings. The van der Waals surface area contributed by atoms with Gasteiger partial charge >= 0.3 is 10.2 Å². The van der Waals surface area contributed by atoms with E-state index >= 15 is 0 Å². The van der Waals surface area contributed by atoms with Crippen LogP contribution in [0.1, 0.15) is 0 Å². The summed E-state index contributed by atoms with van der Waals surface area (Å²) in [5.74, 6) is 0. The molecule has 0 radical (unpaired) electrons. The second-order valence-electron chi connectivity index (χ2n) is 1.53. The summed E-state index contributed by atoms with van der Waals surface area (Å²) in [6.45, 7) is 0. The van der Waals surface area contributed by atoms with E-state index in [1.54, 1.807) is 0 Å². The van der Waals surface area contributed by atoms with Crippen molar-refractivity contribution in [1.29, 1.82) is 0 Å². The van der Waals surface area contributed by atoms with E-state index in [2.05, 4.69) is 27.5 Å². The lowest BCUT2D eigenvalue weighted by molar-refractivity contribution is 0.137. The summed E-state index contributed by atoms with van der Waals surface area (Å²) in [7, 11) is 0. The quantitative estimate of drug-likeness (QED) is 0.531. The monoisotopic (exact) mass is 318 g/mol. The molecule has 0 heterocycles. The van der Waals surface area contributed by atoms with Gasteiger partial charge in [-0.25, -0.2) is 0 Å². The molecular formula is C4HBr2ClF4. The Bertz CT molecular complexity index is 168. The highest BCUT2D eigenvalue weighted by Gasteiger charge is 2.33. The molecule has 7 heteroatoms.